The minimum Gasteiger partial charge on any atom is -0.444 e. The van der Waals surface area contributed by atoms with E-state index in [-0.39, 0.29) is 12.2 Å². The molecular formula is C23H26BrF3N2O4S. The molecule has 2 atom stereocenters. The van der Waals surface area contributed by atoms with Crippen molar-refractivity contribution in [2.24, 2.45) is 0 Å². The van der Waals surface area contributed by atoms with Gasteiger partial charge in [0.25, 0.3) is 0 Å². The van der Waals surface area contributed by atoms with Crippen molar-refractivity contribution in [3.63, 3.8) is 0 Å². The van der Waals surface area contributed by atoms with Crippen LogP contribution in [0, 0.1) is 11.8 Å². The van der Waals surface area contributed by atoms with E-state index < -0.39 is 45.5 Å². The lowest BCUT2D eigenvalue weighted by molar-refractivity contribution is -0.140. The number of hydrogen-bond donors (Lipinski definition) is 0. The summed E-state index contributed by atoms with van der Waals surface area (Å²) in [6.07, 6.45) is -3.15. The SMILES string of the molecule is CC(C)(C)OC(=O)N(CC#Cc1cc2c(Br)cccc2n1CC(F)(F)F)[C@H]1CCC1S(C)(=O)=O. The van der Waals surface area contributed by atoms with E-state index in [0.29, 0.717) is 28.2 Å². The van der Waals surface area contributed by atoms with E-state index in [0.717, 1.165) is 10.8 Å². The molecule has 1 aromatic heterocycles. The first kappa shape index (κ1) is 26.4. The highest BCUT2D eigenvalue weighted by Crippen LogP contribution is 2.33. The summed E-state index contributed by atoms with van der Waals surface area (Å²) in [7, 11) is -3.40. The summed E-state index contributed by atoms with van der Waals surface area (Å²) in [5.41, 5.74) is -0.300. The summed E-state index contributed by atoms with van der Waals surface area (Å²) in [6, 6.07) is 5.90. The van der Waals surface area contributed by atoms with Crippen molar-refractivity contribution in [1.82, 2.24) is 9.47 Å². The first-order valence-corrected chi connectivity index (χ1v) is 13.3. The Balaban J connectivity index is 1.96. The molecule has 0 saturated heterocycles. The van der Waals surface area contributed by atoms with Gasteiger partial charge in [-0.3, -0.25) is 4.90 Å². The third kappa shape index (κ3) is 6.27. The van der Waals surface area contributed by atoms with Crippen LogP contribution in [0.5, 0.6) is 0 Å². The van der Waals surface area contributed by atoms with E-state index in [9.17, 15) is 26.4 Å². The molecule has 6 nitrogen and oxygen atoms in total. The molecule has 1 amide bonds. The van der Waals surface area contributed by atoms with Crippen LogP contribution in [0.3, 0.4) is 0 Å². The number of ether oxygens (including phenoxy) is 1. The number of alkyl halides is 3. The van der Waals surface area contributed by atoms with Crippen LogP contribution in [-0.2, 0) is 21.1 Å². The van der Waals surface area contributed by atoms with E-state index in [1.165, 1.54) is 4.90 Å². The molecule has 1 saturated carbocycles. The molecule has 0 bridgehead atoms. The number of rotatable bonds is 4. The van der Waals surface area contributed by atoms with E-state index in [2.05, 4.69) is 27.8 Å². The Labute approximate surface area is 205 Å². The fourth-order valence-electron chi connectivity index (χ4n) is 3.86. The molecule has 0 N–H and O–H groups in total. The Morgan fingerprint density at radius 3 is 2.47 bits per heavy atom. The predicted molar refractivity (Wildman–Crippen MR) is 127 cm³/mol. The third-order valence-electron chi connectivity index (χ3n) is 5.45. The van der Waals surface area contributed by atoms with Gasteiger partial charge in [-0.1, -0.05) is 27.9 Å². The average Bonchev–Trinajstić information content (AvgIpc) is 2.94. The fraction of sp³-hybridized carbons (Fsp3) is 0.522. The number of carbonyl (C=O) groups is 1. The smallest absolute Gasteiger partial charge is 0.411 e. The molecule has 1 aliphatic rings. The summed E-state index contributed by atoms with van der Waals surface area (Å²) in [5.74, 6) is 5.52. The molecule has 2 aromatic rings. The molecule has 1 heterocycles. The third-order valence-corrected chi connectivity index (χ3v) is 7.79. The van der Waals surface area contributed by atoms with Crippen LogP contribution >= 0.6 is 15.9 Å². The fourth-order valence-corrected chi connectivity index (χ4v) is 5.75. The van der Waals surface area contributed by atoms with E-state index in [1.54, 1.807) is 45.0 Å². The summed E-state index contributed by atoms with van der Waals surface area (Å²) in [6.45, 7) is 3.68. The van der Waals surface area contributed by atoms with E-state index in [1.807, 2.05) is 0 Å². The summed E-state index contributed by atoms with van der Waals surface area (Å²) >= 11 is 3.35. The van der Waals surface area contributed by atoms with Gasteiger partial charge in [0.1, 0.15) is 12.1 Å². The molecule has 1 aromatic carbocycles. The number of carbonyl (C=O) groups excluding carboxylic acids is 1. The zero-order chi connectivity index (χ0) is 25.5. The molecule has 0 aliphatic heterocycles. The van der Waals surface area contributed by atoms with Gasteiger partial charge < -0.3 is 9.30 Å². The normalized spacial score (nSPS) is 18.7. The molecule has 3 rings (SSSR count). The highest BCUT2D eigenvalue weighted by Gasteiger charge is 2.44. The second-order valence-electron chi connectivity index (χ2n) is 9.33. The minimum atomic E-state index is -4.46. The largest absolute Gasteiger partial charge is 0.444 e. The first-order chi connectivity index (χ1) is 15.6. The van der Waals surface area contributed by atoms with Gasteiger partial charge in [-0.2, -0.15) is 13.2 Å². The van der Waals surface area contributed by atoms with Crippen LogP contribution in [0.1, 0.15) is 39.3 Å². The van der Waals surface area contributed by atoms with E-state index in [4.69, 9.17) is 4.74 Å². The van der Waals surface area contributed by atoms with E-state index >= 15 is 0 Å². The number of amides is 1. The highest BCUT2D eigenvalue weighted by atomic mass is 79.9. The Bertz CT molecular complexity index is 1250. The molecular weight excluding hydrogens is 537 g/mol. The van der Waals surface area contributed by atoms with Crippen molar-refractivity contribution < 1.29 is 31.1 Å². The molecule has 186 valence electrons. The van der Waals surface area contributed by atoms with Crippen LogP contribution in [0.25, 0.3) is 10.9 Å². The van der Waals surface area contributed by atoms with Crippen molar-refractivity contribution in [2.45, 2.75) is 63.2 Å². The van der Waals surface area contributed by atoms with Crippen LogP contribution in [0.15, 0.2) is 28.7 Å². The molecule has 1 unspecified atom stereocenters. The molecule has 34 heavy (non-hydrogen) atoms. The van der Waals surface area contributed by atoms with Gasteiger partial charge in [-0.05, 0) is 57.7 Å². The molecule has 0 radical (unpaired) electrons. The van der Waals surface area contributed by atoms with Crippen molar-refractivity contribution >= 4 is 42.8 Å². The van der Waals surface area contributed by atoms with Gasteiger partial charge in [0.2, 0.25) is 0 Å². The standard InChI is InChI=1S/C23H26BrF3N2O4S/c1-22(2,3)33-21(30)28(19-10-11-20(19)34(4,31)32)12-6-7-15-13-16-17(24)8-5-9-18(16)29(15)14-23(25,26)27/h5,8-9,13,19-20H,10-12,14H2,1-4H3/t19-,20?/m0/s1. The monoisotopic (exact) mass is 562 g/mol. The Morgan fingerprint density at radius 2 is 1.94 bits per heavy atom. The molecule has 1 fully saturated rings. The first-order valence-electron chi connectivity index (χ1n) is 10.6. The number of benzene rings is 1. The number of fused-ring (bicyclic) bond motifs is 1. The van der Waals surface area contributed by atoms with Gasteiger partial charge in [0.15, 0.2) is 9.84 Å². The maximum Gasteiger partial charge on any atom is 0.411 e. The number of nitrogens with zero attached hydrogens (tertiary/aromatic N) is 2. The Hall–Kier alpha value is -2.19. The second-order valence-corrected chi connectivity index (χ2v) is 12.4. The quantitative estimate of drug-likeness (QED) is 0.484. The topological polar surface area (TPSA) is 68.6 Å². The highest BCUT2D eigenvalue weighted by molar-refractivity contribution is 9.10. The van der Waals surface area contributed by atoms with Crippen LogP contribution in [0.2, 0.25) is 0 Å². The zero-order valence-corrected chi connectivity index (χ0v) is 21.6. The maximum absolute atomic E-state index is 13.2. The van der Waals surface area contributed by atoms with Crippen LogP contribution in [0.4, 0.5) is 18.0 Å². The summed E-state index contributed by atoms with van der Waals surface area (Å²) < 4.78 is 71.1. The van der Waals surface area contributed by atoms with Gasteiger partial charge >= 0.3 is 12.3 Å². The zero-order valence-electron chi connectivity index (χ0n) is 19.2. The lowest BCUT2D eigenvalue weighted by atomic mass is 9.91. The number of halogens is 4. The Morgan fingerprint density at radius 1 is 1.26 bits per heavy atom. The summed E-state index contributed by atoms with van der Waals surface area (Å²) in [5, 5.41) is -0.148. The van der Waals surface area contributed by atoms with Crippen molar-refractivity contribution in [3.05, 3.63) is 34.4 Å². The van der Waals surface area contributed by atoms with Crippen LogP contribution < -0.4 is 0 Å². The lowest BCUT2D eigenvalue weighted by Gasteiger charge is -2.42. The number of sulfone groups is 1. The van der Waals surface area contributed by atoms with Crippen LogP contribution in [-0.4, -0.2) is 59.8 Å². The van der Waals surface area contributed by atoms with Crippen molar-refractivity contribution in [1.29, 1.82) is 0 Å². The maximum atomic E-state index is 13.2. The van der Waals surface area contributed by atoms with Gasteiger partial charge in [-0.15, -0.1) is 0 Å². The van der Waals surface area contributed by atoms with Gasteiger partial charge in [-0.25, -0.2) is 13.2 Å². The van der Waals surface area contributed by atoms with Crippen molar-refractivity contribution in [2.75, 3.05) is 12.8 Å². The summed E-state index contributed by atoms with van der Waals surface area (Å²) in [4.78, 5) is 14.1. The van der Waals surface area contributed by atoms with Crippen molar-refractivity contribution in [3.8, 4) is 11.8 Å². The number of hydrogen-bond acceptors (Lipinski definition) is 4. The average molecular weight is 563 g/mol. The van der Waals surface area contributed by atoms with Gasteiger partial charge in [0.05, 0.1) is 29.0 Å². The minimum absolute atomic E-state index is 0.136. The Kier molecular flexibility index (Phi) is 7.35. The second kappa shape index (κ2) is 9.46. The van der Waals surface area contributed by atoms with Gasteiger partial charge in [0, 0.05) is 16.1 Å². The molecule has 0 spiro atoms. The molecule has 11 heteroatoms. The predicted octanol–water partition coefficient (Wildman–Crippen LogP) is 5.13. The molecule has 1 aliphatic carbocycles. The lowest BCUT2D eigenvalue weighted by Crippen LogP contribution is -2.56. The number of aromatic nitrogens is 1.